The van der Waals surface area contributed by atoms with E-state index in [2.05, 4.69) is 38.4 Å². The zero-order valence-corrected chi connectivity index (χ0v) is 8.88. The Morgan fingerprint density at radius 3 is 2.38 bits per heavy atom. The smallest absolute Gasteiger partial charge is 0.0508 e. The summed E-state index contributed by atoms with van der Waals surface area (Å²) in [6, 6.07) is 0. The van der Waals surface area contributed by atoms with E-state index >= 15 is 0 Å². The molecule has 0 aliphatic heterocycles. The van der Waals surface area contributed by atoms with Gasteiger partial charge in [-0.3, -0.25) is 4.99 Å². The second kappa shape index (κ2) is 5.59. The fourth-order valence-electron chi connectivity index (χ4n) is 1.65. The minimum absolute atomic E-state index is 0.176. The zero-order chi connectivity index (χ0) is 10.3. The summed E-state index contributed by atoms with van der Waals surface area (Å²) in [6.45, 7) is 9.81. The van der Waals surface area contributed by atoms with Crippen molar-refractivity contribution >= 4 is 6.72 Å². The molecule has 1 unspecified atom stereocenters. The van der Waals surface area contributed by atoms with Crippen LogP contribution >= 0.6 is 0 Å². The zero-order valence-electron chi connectivity index (χ0n) is 8.88. The molecule has 0 rings (SSSR count). The first-order valence-electron chi connectivity index (χ1n) is 4.75. The van der Waals surface area contributed by atoms with Crippen LogP contribution in [0.4, 0.5) is 0 Å². The molecule has 0 amide bonds. The maximum Gasteiger partial charge on any atom is 0.0508 e. The molecule has 0 bridgehead atoms. The van der Waals surface area contributed by atoms with Crippen LogP contribution in [0.2, 0.25) is 0 Å². The first kappa shape index (κ1) is 12.0. The molecule has 1 heteroatoms. The molecule has 13 heavy (non-hydrogen) atoms. The van der Waals surface area contributed by atoms with Gasteiger partial charge in [0.2, 0.25) is 0 Å². The van der Waals surface area contributed by atoms with Crippen LogP contribution in [-0.2, 0) is 0 Å². The Hall–Kier alpha value is -1.03. The molecule has 0 aliphatic carbocycles. The van der Waals surface area contributed by atoms with Gasteiger partial charge in [0.1, 0.15) is 0 Å². The first-order valence-corrected chi connectivity index (χ1v) is 4.75. The highest BCUT2D eigenvalue weighted by Gasteiger charge is 2.26. The Morgan fingerprint density at radius 2 is 2.08 bits per heavy atom. The third-order valence-electron chi connectivity index (χ3n) is 2.67. The number of rotatable bonds is 5. The lowest BCUT2D eigenvalue weighted by molar-refractivity contribution is 0.317. The summed E-state index contributed by atoms with van der Waals surface area (Å²) in [5, 5.41) is 0. The summed E-state index contributed by atoms with van der Waals surface area (Å²) in [4.78, 5) is 3.69. The summed E-state index contributed by atoms with van der Waals surface area (Å²) < 4.78 is 0. The van der Waals surface area contributed by atoms with Crippen molar-refractivity contribution in [3.8, 4) is 12.3 Å². The molecule has 0 N–H and O–H groups in total. The van der Waals surface area contributed by atoms with Crippen LogP contribution in [0.15, 0.2) is 17.3 Å². The fourth-order valence-corrected chi connectivity index (χ4v) is 1.65. The predicted molar refractivity (Wildman–Crippen MR) is 59.7 cm³/mol. The van der Waals surface area contributed by atoms with E-state index < -0.39 is 0 Å². The largest absolute Gasteiger partial charge is 0.273 e. The average molecular weight is 177 g/mol. The monoisotopic (exact) mass is 177 g/mol. The van der Waals surface area contributed by atoms with Crippen LogP contribution in [0.1, 0.15) is 33.6 Å². The average Bonchev–Trinajstić information content (AvgIpc) is 2.16. The third kappa shape index (κ3) is 3.06. The lowest BCUT2D eigenvalue weighted by Crippen LogP contribution is -2.22. The van der Waals surface area contributed by atoms with Crippen molar-refractivity contribution < 1.29 is 0 Å². The van der Waals surface area contributed by atoms with Gasteiger partial charge in [-0.2, -0.15) is 0 Å². The van der Waals surface area contributed by atoms with E-state index in [0.29, 0.717) is 5.92 Å². The highest BCUT2D eigenvalue weighted by molar-refractivity contribution is 5.27. The number of hydrogen-bond donors (Lipinski definition) is 0. The van der Waals surface area contributed by atoms with Gasteiger partial charge in [0.15, 0.2) is 0 Å². The van der Waals surface area contributed by atoms with E-state index in [1.807, 2.05) is 6.08 Å². The number of aliphatic imine (C=N–C) groups is 1. The molecule has 0 fully saturated rings. The summed E-state index contributed by atoms with van der Waals surface area (Å²) in [6.07, 6.45) is 11.4. The molecule has 72 valence electrons. The van der Waals surface area contributed by atoms with E-state index in [4.69, 9.17) is 6.42 Å². The van der Waals surface area contributed by atoms with E-state index in [9.17, 15) is 0 Å². The van der Waals surface area contributed by atoms with Crippen LogP contribution < -0.4 is 0 Å². The lowest BCUT2D eigenvalue weighted by atomic mass is 9.75. The number of hydrogen-bond acceptors (Lipinski definition) is 1. The second-order valence-electron chi connectivity index (χ2n) is 3.44. The highest BCUT2D eigenvalue weighted by Crippen LogP contribution is 2.33. The van der Waals surface area contributed by atoms with Crippen molar-refractivity contribution in [1.29, 1.82) is 0 Å². The van der Waals surface area contributed by atoms with Crippen molar-refractivity contribution in [3.63, 3.8) is 0 Å². The van der Waals surface area contributed by atoms with Gasteiger partial charge in [0, 0.05) is 6.20 Å². The van der Waals surface area contributed by atoms with Gasteiger partial charge in [-0.25, -0.2) is 0 Å². The van der Waals surface area contributed by atoms with Gasteiger partial charge in [0.25, 0.3) is 0 Å². The minimum atomic E-state index is -0.176. The first-order chi connectivity index (χ1) is 6.14. The van der Waals surface area contributed by atoms with E-state index in [-0.39, 0.29) is 5.41 Å². The van der Waals surface area contributed by atoms with E-state index in [0.717, 1.165) is 12.8 Å². The summed E-state index contributed by atoms with van der Waals surface area (Å²) >= 11 is 0. The quantitative estimate of drug-likeness (QED) is 0.451. The maximum absolute atomic E-state index is 5.54. The van der Waals surface area contributed by atoms with Crippen molar-refractivity contribution in [2.24, 2.45) is 16.3 Å². The Bertz CT molecular complexity index is 218. The highest BCUT2D eigenvalue weighted by atomic mass is 14.6. The molecular formula is C12H19N. The maximum atomic E-state index is 5.54. The molecule has 0 saturated carbocycles. The second-order valence-corrected chi connectivity index (χ2v) is 3.44. The molecule has 0 aromatic rings. The van der Waals surface area contributed by atoms with Crippen molar-refractivity contribution in [1.82, 2.24) is 0 Å². The van der Waals surface area contributed by atoms with E-state index in [1.165, 1.54) is 0 Å². The summed E-state index contributed by atoms with van der Waals surface area (Å²) in [5.74, 6) is 3.36. The normalized spacial score (nSPS) is 15.6. The summed E-state index contributed by atoms with van der Waals surface area (Å²) in [5.41, 5.74) is -0.176. The topological polar surface area (TPSA) is 12.4 Å². The van der Waals surface area contributed by atoms with Crippen LogP contribution in [0, 0.1) is 23.7 Å². The van der Waals surface area contributed by atoms with Crippen molar-refractivity contribution in [2.45, 2.75) is 33.6 Å². The van der Waals surface area contributed by atoms with Gasteiger partial charge < -0.3 is 0 Å². The van der Waals surface area contributed by atoms with Gasteiger partial charge in [0.05, 0.1) is 5.41 Å². The Balaban J connectivity index is 4.71. The van der Waals surface area contributed by atoms with Crippen molar-refractivity contribution in [2.75, 3.05) is 0 Å². The van der Waals surface area contributed by atoms with Crippen LogP contribution in [0.25, 0.3) is 0 Å². The van der Waals surface area contributed by atoms with E-state index in [1.54, 1.807) is 6.20 Å². The van der Waals surface area contributed by atoms with Crippen LogP contribution in [-0.4, -0.2) is 6.72 Å². The standard InChI is InChI=1S/C12H19N/c1-6-11(7-2)12(4,8-3)9-10-13-5/h3,9-11H,5-7H2,1-2,4H3/b10-9-. The van der Waals surface area contributed by atoms with Gasteiger partial charge >= 0.3 is 0 Å². The number of nitrogens with zero attached hydrogens (tertiary/aromatic N) is 1. The minimum Gasteiger partial charge on any atom is -0.273 e. The molecule has 0 radical (unpaired) electrons. The molecule has 0 aromatic carbocycles. The third-order valence-corrected chi connectivity index (χ3v) is 2.67. The molecule has 0 saturated heterocycles. The van der Waals surface area contributed by atoms with Crippen LogP contribution in [0.3, 0.4) is 0 Å². The molecule has 1 atom stereocenters. The number of terminal acetylenes is 1. The lowest BCUT2D eigenvalue weighted by Gasteiger charge is -2.28. The molecule has 1 nitrogen and oxygen atoms in total. The molecule has 0 aromatic heterocycles. The number of allylic oxidation sites excluding steroid dienone is 1. The molecule has 0 heterocycles. The summed E-state index contributed by atoms with van der Waals surface area (Å²) in [7, 11) is 0. The molecule has 0 aliphatic rings. The van der Waals surface area contributed by atoms with Crippen molar-refractivity contribution in [3.05, 3.63) is 12.3 Å². The molecular weight excluding hydrogens is 158 g/mol. The molecule has 0 spiro atoms. The SMILES string of the molecule is C#CC(C)(/C=C\N=C)C(CC)CC. The Morgan fingerprint density at radius 1 is 1.54 bits per heavy atom. The Kier molecular flexibility index (Phi) is 5.14. The van der Waals surface area contributed by atoms with Gasteiger partial charge in [-0.05, 0) is 25.6 Å². The van der Waals surface area contributed by atoms with Gasteiger partial charge in [-0.15, -0.1) is 6.42 Å². The fraction of sp³-hybridized carbons (Fsp3) is 0.583. The van der Waals surface area contributed by atoms with Gasteiger partial charge in [-0.1, -0.05) is 32.6 Å². The van der Waals surface area contributed by atoms with Crippen LogP contribution in [0.5, 0.6) is 0 Å². The predicted octanol–water partition coefficient (Wildman–Crippen LogP) is 3.28. The Labute approximate surface area is 82.0 Å².